The number of benzene rings is 4. The van der Waals surface area contributed by atoms with Gasteiger partial charge in [0.05, 0.1) is 20.6 Å². The maximum atomic E-state index is 9.63. The summed E-state index contributed by atoms with van der Waals surface area (Å²) < 4.78 is 7.82. The molecule has 0 aliphatic carbocycles. The lowest BCUT2D eigenvalue weighted by molar-refractivity contribution is 0.303. The lowest BCUT2D eigenvalue weighted by atomic mass is 10.0. The Balaban J connectivity index is 1.60. The number of allylic oxidation sites excluding steroid dienone is 1. The Labute approximate surface area is 199 Å². The van der Waals surface area contributed by atoms with E-state index in [0.717, 1.165) is 31.4 Å². The van der Waals surface area contributed by atoms with Crippen LogP contribution in [-0.2, 0) is 6.61 Å². The molecule has 4 heteroatoms. The van der Waals surface area contributed by atoms with Crippen molar-refractivity contribution in [2.45, 2.75) is 13.5 Å². The summed E-state index contributed by atoms with van der Waals surface area (Å²) in [6.07, 6.45) is 1.88. The number of halogens is 2. The zero-order valence-corrected chi connectivity index (χ0v) is 20.1. The maximum Gasteiger partial charge on any atom is 0.148 e. The number of nitrogens with zero attached hydrogens (tertiary/aromatic N) is 1. The average molecular weight is 533 g/mol. The molecule has 0 radical (unpaired) electrons. The third kappa shape index (κ3) is 4.90. The summed E-state index contributed by atoms with van der Waals surface area (Å²) in [5.74, 6) is 0.735. The van der Waals surface area contributed by atoms with Gasteiger partial charge in [0.2, 0.25) is 0 Å². The minimum absolute atomic E-state index is 0.459. The molecule has 0 heterocycles. The molecular formula is C27H19Br2NO. The van der Waals surface area contributed by atoms with Crippen molar-refractivity contribution in [2.24, 2.45) is 0 Å². The highest BCUT2D eigenvalue weighted by Crippen LogP contribution is 2.36. The first-order valence-corrected chi connectivity index (χ1v) is 11.4. The Kier molecular flexibility index (Phi) is 6.56. The smallest absolute Gasteiger partial charge is 0.148 e. The van der Waals surface area contributed by atoms with E-state index in [4.69, 9.17) is 4.74 Å². The van der Waals surface area contributed by atoms with Crippen molar-refractivity contribution in [3.63, 3.8) is 0 Å². The molecule has 4 rings (SSSR count). The van der Waals surface area contributed by atoms with Gasteiger partial charge in [-0.1, -0.05) is 72.3 Å². The van der Waals surface area contributed by atoms with Crippen LogP contribution in [0.2, 0.25) is 0 Å². The molecule has 0 fully saturated rings. The molecule has 0 saturated heterocycles. The van der Waals surface area contributed by atoms with Crippen LogP contribution >= 0.6 is 31.9 Å². The summed E-state index contributed by atoms with van der Waals surface area (Å²) >= 11 is 7.26. The molecule has 152 valence electrons. The Hall–Kier alpha value is -2.87. The molecule has 0 aromatic heterocycles. The number of hydrogen-bond acceptors (Lipinski definition) is 2. The number of aryl methyl sites for hydroxylation is 1. The first-order valence-electron chi connectivity index (χ1n) is 9.82. The first-order chi connectivity index (χ1) is 15.0. The second-order valence-corrected chi connectivity index (χ2v) is 8.99. The number of ether oxygens (including phenoxy) is 1. The normalized spacial score (nSPS) is 11.4. The summed E-state index contributed by atoms with van der Waals surface area (Å²) in [5, 5.41) is 12.0. The highest BCUT2D eigenvalue weighted by Gasteiger charge is 2.11. The molecule has 4 aromatic carbocycles. The van der Waals surface area contributed by atoms with Crippen molar-refractivity contribution < 1.29 is 4.74 Å². The zero-order chi connectivity index (χ0) is 21.8. The van der Waals surface area contributed by atoms with Crippen LogP contribution in [0.4, 0.5) is 0 Å². The Morgan fingerprint density at radius 3 is 2.32 bits per heavy atom. The van der Waals surface area contributed by atoms with E-state index in [1.165, 1.54) is 16.3 Å². The number of rotatable bonds is 5. The second kappa shape index (κ2) is 9.51. The van der Waals surface area contributed by atoms with Crippen molar-refractivity contribution in [1.29, 1.82) is 5.26 Å². The van der Waals surface area contributed by atoms with Crippen LogP contribution in [0, 0.1) is 18.3 Å². The van der Waals surface area contributed by atoms with Gasteiger partial charge in [-0.15, -0.1) is 0 Å². The summed E-state index contributed by atoms with van der Waals surface area (Å²) in [6, 6.07) is 28.7. The van der Waals surface area contributed by atoms with E-state index in [1.54, 1.807) is 0 Å². The molecule has 0 N–H and O–H groups in total. The topological polar surface area (TPSA) is 33.0 Å². The van der Waals surface area contributed by atoms with E-state index >= 15 is 0 Å². The van der Waals surface area contributed by atoms with E-state index in [2.05, 4.69) is 62.2 Å². The number of nitriles is 1. The van der Waals surface area contributed by atoms with E-state index in [0.29, 0.717) is 12.2 Å². The van der Waals surface area contributed by atoms with Crippen molar-refractivity contribution in [1.82, 2.24) is 0 Å². The van der Waals surface area contributed by atoms with Gasteiger partial charge in [0, 0.05) is 0 Å². The SMILES string of the molecule is Cc1ccc(/C(C#N)=C/c2cc(Br)c(OCc3cccc4ccccc34)c(Br)c2)cc1. The zero-order valence-electron chi connectivity index (χ0n) is 16.9. The van der Waals surface area contributed by atoms with Gasteiger partial charge in [-0.3, -0.25) is 0 Å². The number of fused-ring (bicyclic) bond motifs is 1. The van der Waals surface area contributed by atoms with Gasteiger partial charge in [-0.25, -0.2) is 0 Å². The van der Waals surface area contributed by atoms with Crippen LogP contribution in [-0.4, -0.2) is 0 Å². The largest absolute Gasteiger partial charge is 0.487 e. The molecule has 0 spiro atoms. The lowest BCUT2D eigenvalue weighted by Gasteiger charge is -2.13. The van der Waals surface area contributed by atoms with Crippen LogP contribution in [0.15, 0.2) is 87.8 Å². The molecule has 0 atom stereocenters. The first kappa shape index (κ1) is 21.4. The van der Waals surface area contributed by atoms with Crippen LogP contribution in [0.3, 0.4) is 0 Å². The predicted molar refractivity (Wildman–Crippen MR) is 135 cm³/mol. The van der Waals surface area contributed by atoms with E-state index < -0.39 is 0 Å². The van der Waals surface area contributed by atoms with Crippen LogP contribution in [0.25, 0.3) is 22.4 Å². The van der Waals surface area contributed by atoms with Crippen molar-refractivity contribution >= 4 is 54.3 Å². The second-order valence-electron chi connectivity index (χ2n) is 7.28. The predicted octanol–water partition coefficient (Wildman–Crippen LogP) is 8.32. The quantitative estimate of drug-likeness (QED) is 0.191. The molecule has 0 saturated carbocycles. The van der Waals surface area contributed by atoms with E-state index in [9.17, 15) is 5.26 Å². The highest BCUT2D eigenvalue weighted by molar-refractivity contribution is 9.11. The lowest BCUT2D eigenvalue weighted by Crippen LogP contribution is -1.98. The van der Waals surface area contributed by atoms with Gasteiger partial charge >= 0.3 is 0 Å². The van der Waals surface area contributed by atoms with Gasteiger partial charge in [0.25, 0.3) is 0 Å². The number of hydrogen-bond donors (Lipinski definition) is 0. The minimum atomic E-state index is 0.459. The fourth-order valence-corrected chi connectivity index (χ4v) is 4.90. The third-order valence-corrected chi connectivity index (χ3v) is 6.24. The van der Waals surface area contributed by atoms with E-state index in [1.807, 2.05) is 67.6 Å². The molecule has 31 heavy (non-hydrogen) atoms. The molecule has 0 bridgehead atoms. The molecule has 4 aromatic rings. The molecule has 2 nitrogen and oxygen atoms in total. The molecule has 0 aliphatic heterocycles. The summed E-state index contributed by atoms with van der Waals surface area (Å²) in [4.78, 5) is 0. The third-order valence-electron chi connectivity index (χ3n) is 5.07. The summed E-state index contributed by atoms with van der Waals surface area (Å²) in [7, 11) is 0. The fraction of sp³-hybridized carbons (Fsp3) is 0.0741. The molecular weight excluding hydrogens is 514 g/mol. The van der Waals surface area contributed by atoms with Crippen molar-refractivity contribution in [3.05, 3.63) is 110 Å². The van der Waals surface area contributed by atoms with Crippen LogP contribution in [0.5, 0.6) is 5.75 Å². The highest BCUT2D eigenvalue weighted by atomic mass is 79.9. The Morgan fingerprint density at radius 2 is 1.61 bits per heavy atom. The average Bonchev–Trinajstić information content (AvgIpc) is 2.77. The van der Waals surface area contributed by atoms with E-state index in [-0.39, 0.29) is 0 Å². The standard InChI is InChI=1S/C27H19Br2NO/c1-18-9-11-20(12-10-18)23(16-30)13-19-14-25(28)27(26(29)15-19)31-17-22-7-4-6-21-5-2-3-8-24(21)22/h2-15H,17H2,1H3/b23-13+. The van der Waals surface area contributed by atoms with Crippen LogP contribution in [0.1, 0.15) is 22.3 Å². The summed E-state index contributed by atoms with van der Waals surface area (Å²) in [6.45, 7) is 2.49. The Bertz CT molecular complexity index is 1290. The maximum absolute atomic E-state index is 9.63. The van der Waals surface area contributed by atoms with Crippen molar-refractivity contribution in [2.75, 3.05) is 0 Å². The van der Waals surface area contributed by atoms with Crippen molar-refractivity contribution in [3.8, 4) is 11.8 Å². The summed E-state index contributed by atoms with van der Waals surface area (Å²) in [5.41, 5.74) is 4.72. The van der Waals surface area contributed by atoms with Gasteiger partial charge in [-0.2, -0.15) is 5.26 Å². The minimum Gasteiger partial charge on any atom is -0.487 e. The monoisotopic (exact) mass is 531 g/mol. The van der Waals surface area contributed by atoms with Gasteiger partial charge in [-0.05, 0) is 84.5 Å². The molecule has 0 aliphatic rings. The Morgan fingerprint density at radius 1 is 0.935 bits per heavy atom. The fourth-order valence-electron chi connectivity index (χ4n) is 3.45. The molecule has 0 unspecified atom stereocenters. The molecule has 0 amide bonds. The van der Waals surface area contributed by atoms with Gasteiger partial charge < -0.3 is 4.74 Å². The van der Waals surface area contributed by atoms with Gasteiger partial charge in [0.1, 0.15) is 12.4 Å². The van der Waals surface area contributed by atoms with Crippen LogP contribution < -0.4 is 4.74 Å². The van der Waals surface area contributed by atoms with Gasteiger partial charge in [0.15, 0.2) is 0 Å².